The van der Waals surface area contributed by atoms with Crippen LogP contribution in [0.15, 0.2) is 42.0 Å². The van der Waals surface area contributed by atoms with Crippen molar-refractivity contribution in [3.8, 4) is 17.6 Å². The first-order chi connectivity index (χ1) is 13.5. The van der Waals surface area contributed by atoms with Gasteiger partial charge in [0.2, 0.25) is 0 Å². The summed E-state index contributed by atoms with van der Waals surface area (Å²) in [4.78, 5) is 23.2. The molecule has 2 aromatic carbocycles. The zero-order valence-electron chi connectivity index (χ0n) is 15.1. The molecule has 28 heavy (non-hydrogen) atoms. The van der Waals surface area contributed by atoms with Gasteiger partial charge in [0, 0.05) is 6.07 Å². The second kappa shape index (κ2) is 8.22. The third kappa shape index (κ3) is 4.10. The van der Waals surface area contributed by atoms with Gasteiger partial charge in [-0.25, -0.2) is 0 Å². The fourth-order valence-electron chi connectivity index (χ4n) is 2.68. The number of benzene rings is 2. The number of carbonyl (C=O) groups is 1. The average molecular weight is 379 g/mol. The summed E-state index contributed by atoms with van der Waals surface area (Å²) in [7, 11) is 0. The lowest BCUT2D eigenvalue weighted by molar-refractivity contribution is -0.384. The normalized spacial score (nSPS) is 12.8. The number of amides is 1. The van der Waals surface area contributed by atoms with E-state index in [-0.39, 0.29) is 29.3 Å². The molecule has 0 aromatic heterocycles. The first-order valence-corrected chi connectivity index (χ1v) is 8.62. The quantitative estimate of drug-likeness (QED) is 0.368. The third-order valence-electron chi connectivity index (χ3n) is 4.17. The smallest absolute Gasteiger partial charge is 0.296 e. The highest BCUT2D eigenvalue weighted by atomic mass is 16.6. The van der Waals surface area contributed by atoms with Gasteiger partial charge in [-0.1, -0.05) is 31.2 Å². The summed E-state index contributed by atoms with van der Waals surface area (Å²) in [6, 6.07) is 11.8. The standard InChI is InChI=1S/C20H17N3O5/c1-2-13-3-5-14(6-4-13)9-15(12-21)20(24)22-16-10-18-19(28-8-7-27-18)11-17(16)23(25)26/h3-6,9-11H,2,7-8H2,1H3,(H,22,24)/b15-9+. The second-order valence-electron chi connectivity index (χ2n) is 5.99. The van der Waals surface area contributed by atoms with E-state index in [4.69, 9.17) is 9.47 Å². The molecule has 1 aliphatic rings. The van der Waals surface area contributed by atoms with E-state index in [9.17, 15) is 20.2 Å². The summed E-state index contributed by atoms with van der Waals surface area (Å²) in [5, 5.41) is 23.1. The maximum absolute atomic E-state index is 12.5. The molecule has 0 saturated heterocycles. The minimum absolute atomic E-state index is 0.0678. The summed E-state index contributed by atoms with van der Waals surface area (Å²) in [5.74, 6) is -0.213. The molecule has 8 nitrogen and oxygen atoms in total. The Balaban J connectivity index is 1.89. The molecule has 1 aliphatic heterocycles. The van der Waals surface area contributed by atoms with Crippen molar-refractivity contribution in [2.75, 3.05) is 18.5 Å². The molecule has 0 bridgehead atoms. The molecule has 0 saturated carbocycles. The zero-order valence-corrected chi connectivity index (χ0v) is 15.1. The lowest BCUT2D eigenvalue weighted by Gasteiger charge is -2.19. The molecular formula is C20H17N3O5. The van der Waals surface area contributed by atoms with E-state index in [1.807, 2.05) is 25.1 Å². The van der Waals surface area contributed by atoms with Crippen molar-refractivity contribution in [3.05, 3.63) is 63.2 Å². The number of carbonyl (C=O) groups excluding carboxylic acids is 1. The van der Waals surface area contributed by atoms with Gasteiger partial charge in [-0.05, 0) is 23.6 Å². The SMILES string of the molecule is CCc1ccc(/C=C(\C#N)C(=O)Nc2cc3c(cc2[N+](=O)[O-])OCCO3)cc1. The molecule has 3 rings (SSSR count). The molecule has 0 radical (unpaired) electrons. The van der Waals surface area contributed by atoms with E-state index in [0.717, 1.165) is 12.0 Å². The number of hydrogen-bond acceptors (Lipinski definition) is 6. The third-order valence-corrected chi connectivity index (χ3v) is 4.17. The topological polar surface area (TPSA) is 114 Å². The van der Waals surface area contributed by atoms with Crippen LogP contribution in [0.1, 0.15) is 18.1 Å². The Morgan fingerprint density at radius 3 is 2.46 bits per heavy atom. The number of rotatable bonds is 5. The monoisotopic (exact) mass is 379 g/mol. The van der Waals surface area contributed by atoms with E-state index in [0.29, 0.717) is 17.9 Å². The van der Waals surface area contributed by atoms with Crippen LogP contribution in [0.4, 0.5) is 11.4 Å². The highest BCUT2D eigenvalue weighted by molar-refractivity contribution is 6.10. The summed E-state index contributed by atoms with van der Waals surface area (Å²) in [6.45, 7) is 2.61. The first kappa shape index (κ1) is 18.9. The molecular weight excluding hydrogens is 362 g/mol. The van der Waals surface area contributed by atoms with Crippen LogP contribution in [0.5, 0.6) is 11.5 Å². The molecule has 0 atom stereocenters. The Bertz CT molecular complexity index is 990. The number of nitriles is 1. The number of anilines is 1. The van der Waals surface area contributed by atoms with Crippen LogP contribution in [0.2, 0.25) is 0 Å². The van der Waals surface area contributed by atoms with Crippen LogP contribution in [-0.2, 0) is 11.2 Å². The van der Waals surface area contributed by atoms with Crippen LogP contribution < -0.4 is 14.8 Å². The van der Waals surface area contributed by atoms with Crippen LogP contribution in [0.3, 0.4) is 0 Å². The predicted octanol–water partition coefficient (Wildman–Crippen LogP) is 3.47. The predicted molar refractivity (Wildman–Crippen MR) is 102 cm³/mol. The lowest BCUT2D eigenvalue weighted by atomic mass is 10.1. The summed E-state index contributed by atoms with van der Waals surface area (Å²) >= 11 is 0. The number of hydrogen-bond donors (Lipinski definition) is 1. The molecule has 142 valence electrons. The lowest BCUT2D eigenvalue weighted by Crippen LogP contribution is -2.18. The molecule has 8 heteroatoms. The fourth-order valence-corrected chi connectivity index (χ4v) is 2.68. The Kier molecular flexibility index (Phi) is 5.56. The zero-order chi connectivity index (χ0) is 20.1. The Hall–Kier alpha value is -3.86. The van der Waals surface area contributed by atoms with Gasteiger partial charge in [-0.15, -0.1) is 0 Å². The highest BCUT2D eigenvalue weighted by Gasteiger charge is 2.24. The van der Waals surface area contributed by atoms with Crippen LogP contribution in [0, 0.1) is 21.4 Å². The molecule has 0 aliphatic carbocycles. The second-order valence-corrected chi connectivity index (χ2v) is 5.99. The fraction of sp³-hybridized carbons (Fsp3) is 0.200. The highest BCUT2D eigenvalue weighted by Crippen LogP contribution is 2.39. The number of ether oxygens (including phenoxy) is 2. The Labute approximate surface area is 161 Å². The van der Waals surface area contributed by atoms with E-state index >= 15 is 0 Å². The van der Waals surface area contributed by atoms with Gasteiger partial charge in [0.05, 0.1) is 11.0 Å². The van der Waals surface area contributed by atoms with Gasteiger partial charge in [-0.3, -0.25) is 14.9 Å². The van der Waals surface area contributed by atoms with Crippen molar-refractivity contribution >= 4 is 23.4 Å². The molecule has 0 unspecified atom stereocenters. The maximum atomic E-state index is 12.5. The van der Waals surface area contributed by atoms with Crippen molar-refractivity contribution in [3.63, 3.8) is 0 Å². The van der Waals surface area contributed by atoms with Crippen molar-refractivity contribution in [2.45, 2.75) is 13.3 Å². The van der Waals surface area contributed by atoms with Crippen molar-refractivity contribution in [1.82, 2.24) is 0 Å². The summed E-state index contributed by atoms with van der Waals surface area (Å²) < 4.78 is 10.7. The minimum Gasteiger partial charge on any atom is -0.486 e. The Morgan fingerprint density at radius 2 is 1.89 bits per heavy atom. The van der Waals surface area contributed by atoms with Crippen LogP contribution >= 0.6 is 0 Å². The number of aryl methyl sites for hydroxylation is 1. The van der Waals surface area contributed by atoms with E-state index in [1.54, 1.807) is 12.1 Å². The van der Waals surface area contributed by atoms with Crippen LogP contribution in [-0.4, -0.2) is 24.0 Å². The van der Waals surface area contributed by atoms with Gasteiger partial charge in [0.1, 0.15) is 30.5 Å². The van der Waals surface area contributed by atoms with Crippen molar-refractivity contribution in [2.24, 2.45) is 0 Å². The molecule has 0 spiro atoms. The number of fused-ring (bicyclic) bond motifs is 1. The average Bonchev–Trinajstić information content (AvgIpc) is 2.71. The van der Waals surface area contributed by atoms with E-state index < -0.39 is 10.8 Å². The summed E-state index contributed by atoms with van der Waals surface area (Å²) in [6.07, 6.45) is 2.31. The Morgan fingerprint density at radius 1 is 1.25 bits per heavy atom. The first-order valence-electron chi connectivity index (χ1n) is 8.62. The van der Waals surface area contributed by atoms with Gasteiger partial charge in [0.15, 0.2) is 11.5 Å². The maximum Gasteiger partial charge on any atom is 0.296 e. The number of nitrogens with zero attached hydrogens (tertiary/aromatic N) is 2. The van der Waals surface area contributed by atoms with E-state index in [2.05, 4.69) is 5.32 Å². The number of nitro benzene ring substituents is 1. The van der Waals surface area contributed by atoms with Gasteiger partial charge < -0.3 is 14.8 Å². The minimum atomic E-state index is -0.748. The molecule has 2 aromatic rings. The van der Waals surface area contributed by atoms with Crippen molar-refractivity contribution in [1.29, 1.82) is 5.26 Å². The molecule has 1 N–H and O–H groups in total. The number of nitro groups is 1. The van der Waals surface area contributed by atoms with Gasteiger partial charge in [-0.2, -0.15) is 5.26 Å². The molecule has 1 amide bonds. The molecule has 1 heterocycles. The van der Waals surface area contributed by atoms with Gasteiger partial charge in [0.25, 0.3) is 11.6 Å². The van der Waals surface area contributed by atoms with Crippen LogP contribution in [0.25, 0.3) is 6.08 Å². The van der Waals surface area contributed by atoms with Crippen molar-refractivity contribution < 1.29 is 19.2 Å². The van der Waals surface area contributed by atoms with E-state index in [1.165, 1.54) is 18.2 Å². The largest absolute Gasteiger partial charge is 0.486 e. The summed E-state index contributed by atoms with van der Waals surface area (Å²) in [5.41, 5.74) is 1.23. The van der Waals surface area contributed by atoms with Gasteiger partial charge >= 0.3 is 0 Å². The molecule has 0 fully saturated rings. The number of nitrogens with one attached hydrogen (secondary N) is 1.